The maximum Gasteiger partial charge on any atom is 0.417 e. The molecule has 0 saturated carbocycles. The van der Waals surface area contributed by atoms with Crippen LogP contribution in [-0.2, 0) is 6.42 Å². The van der Waals surface area contributed by atoms with Crippen molar-refractivity contribution in [3.8, 4) is 0 Å². The van der Waals surface area contributed by atoms with Gasteiger partial charge >= 0.3 is 6.18 Å². The fourth-order valence-electron chi connectivity index (χ4n) is 3.40. The molecule has 1 N–H and O–H groups in total. The number of aromatic nitrogens is 1. The predicted molar refractivity (Wildman–Crippen MR) is 105 cm³/mol. The van der Waals surface area contributed by atoms with E-state index in [9.17, 15) is 17.6 Å². The van der Waals surface area contributed by atoms with E-state index in [0.29, 0.717) is 47.1 Å². The molecule has 0 saturated heterocycles. The van der Waals surface area contributed by atoms with E-state index in [4.69, 9.17) is 0 Å². The third-order valence-electron chi connectivity index (χ3n) is 5.00. The summed E-state index contributed by atoms with van der Waals surface area (Å²) in [6.07, 6.45) is -3.42. The Kier molecular flexibility index (Phi) is 5.74. The van der Waals surface area contributed by atoms with E-state index in [-0.39, 0.29) is 5.69 Å². The summed E-state index contributed by atoms with van der Waals surface area (Å²) in [5.74, 6) is 0. The fourth-order valence-corrected chi connectivity index (χ4v) is 3.40. The van der Waals surface area contributed by atoms with E-state index < -0.39 is 18.4 Å². The van der Waals surface area contributed by atoms with Crippen LogP contribution in [0.3, 0.4) is 0 Å². The van der Waals surface area contributed by atoms with Gasteiger partial charge in [-0.15, -0.1) is 0 Å². The van der Waals surface area contributed by atoms with Crippen LogP contribution < -0.4 is 5.32 Å². The minimum Gasteiger partial charge on any atom is -0.358 e. The molecule has 3 rings (SSSR count). The van der Waals surface area contributed by atoms with Gasteiger partial charge in [0, 0.05) is 47.4 Å². The molecule has 0 bridgehead atoms. The Morgan fingerprint density at radius 2 is 2.04 bits per heavy atom. The molecule has 1 aliphatic rings. The fraction of sp³-hybridized carbons (Fsp3) is 0.381. The third kappa shape index (κ3) is 4.04. The van der Waals surface area contributed by atoms with Gasteiger partial charge in [0.2, 0.25) is 0 Å². The molecular weight excluding hydrogens is 370 g/mol. The molecule has 1 aliphatic heterocycles. The first-order chi connectivity index (χ1) is 13.2. The van der Waals surface area contributed by atoms with Crippen molar-refractivity contribution in [2.45, 2.75) is 25.9 Å². The molecule has 0 aliphatic carbocycles. The van der Waals surface area contributed by atoms with Gasteiger partial charge in [0.15, 0.2) is 0 Å². The van der Waals surface area contributed by atoms with Gasteiger partial charge < -0.3 is 10.2 Å². The Bertz CT molecular complexity index is 931. The number of nitrogens with zero attached hydrogens (tertiary/aromatic N) is 2. The van der Waals surface area contributed by atoms with Crippen molar-refractivity contribution < 1.29 is 17.6 Å². The summed E-state index contributed by atoms with van der Waals surface area (Å²) in [5, 5.41) is 4.28. The van der Waals surface area contributed by atoms with Crippen molar-refractivity contribution >= 4 is 22.0 Å². The normalized spacial score (nSPS) is 15.9. The lowest BCUT2D eigenvalue weighted by Gasteiger charge is -2.27. The monoisotopic (exact) mass is 393 g/mol. The van der Waals surface area contributed by atoms with Gasteiger partial charge in [-0.25, -0.2) is 4.39 Å². The van der Waals surface area contributed by atoms with Crippen molar-refractivity contribution in [2.24, 2.45) is 0 Å². The summed E-state index contributed by atoms with van der Waals surface area (Å²) < 4.78 is 53.4. The van der Waals surface area contributed by atoms with Crippen LogP contribution in [0.25, 0.3) is 16.3 Å². The number of fused-ring (bicyclic) bond motifs is 1. The minimum absolute atomic E-state index is 0.159. The van der Waals surface area contributed by atoms with Crippen LogP contribution in [0.5, 0.6) is 0 Å². The smallest absolute Gasteiger partial charge is 0.358 e. The number of halogens is 4. The van der Waals surface area contributed by atoms with Crippen LogP contribution in [-0.4, -0.2) is 42.9 Å². The van der Waals surface area contributed by atoms with E-state index in [1.54, 1.807) is 24.3 Å². The molecule has 0 spiro atoms. The molecule has 2 aromatic rings. The van der Waals surface area contributed by atoms with Crippen LogP contribution >= 0.6 is 0 Å². The first-order valence-corrected chi connectivity index (χ1v) is 9.16. The summed E-state index contributed by atoms with van der Waals surface area (Å²) in [6.45, 7) is 5.82. The van der Waals surface area contributed by atoms with E-state index >= 15 is 0 Å². The van der Waals surface area contributed by atoms with Crippen molar-refractivity contribution in [3.05, 3.63) is 53.5 Å². The van der Waals surface area contributed by atoms with Crippen LogP contribution in [0.2, 0.25) is 0 Å². The lowest BCUT2D eigenvalue weighted by molar-refractivity contribution is -0.0688. The first-order valence-electron chi connectivity index (χ1n) is 9.16. The zero-order valence-corrected chi connectivity index (χ0v) is 16.0. The summed E-state index contributed by atoms with van der Waals surface area (Å²) in [7, 11) is 1.93. The highest BCUT2D eigenvalue weighted by Gasteiger charge is 2.35. The van der Waals surface area contributed by atoms with E-state index in [0.717, 1.165) is 12.2 Å². The second-order valence-corrected chi connectivity index (χ2v) is 7.02. The second kappa shape index (κ2) is 7.91. The minimum atomic E-state index is -4.56. The molecule has 28 heavy (non-hydrogen) atoms. The zero-order valence-electron chi connectivity index (χ0n) is 16.0. The Hall–Kier alpha value is -2.41. The highest BCUT2D eigenvalue weighted by Crippen LogP contribution is 2.37. The van der Waals surface area contributed by atoms with Gasteiger partial charge in [-0.2, -0.15) is 13.2 Å². The van der Waals surface area contributed by atoms with Crippen LogP contribution in [0.4, 0.5) is 23.2 Å². The highest BCUT2D eigenvalue weighted by atomic mass is 19.4. The number of hydrogen-bond acceptors (Lipinski definition) is 3. The average Bonchev–Trinajstić information content (AvgIpc) is 2.67. The molecule has 0 fully saturated rings. The Labute approximate surface area is 161 Å². The van der Waals surface area contributed by atoms with E-state index in [2.05, 4.69) is 16.9 Å². The molecule has 7 heteroatoms. The van der Waals surface area contributed by atoms with Crippen molar-refractivity contribution in [1.29, 1.82) is 0 Å². The molecule has 150 valence electrons. The SMILES string of the molecule is C=C(c1nc(CC)cc2c(NC3=C(CF)CN(C)CC3)cccc12)C(F)(F)F. The summed E-state index contributed by atoms with van der Waals surface area (Å²) in [4.78, 5) is 6.22. The summed E-state index contributed by atoms with van der Waals surface area (Å²) in [5.41, 5.74) is 1.53. The largest absolute Gasteiger partial charge is 0.417 e. The Morgan fingerprint density at radius 1 is 1.29 bits per heavy atom. The lowest BCUT2D eigenvalue weighted by Crippen LogP contribution is -2.30. The molecular formula is C21H23F4N3. The molecule has 1 aromatic carbocycles. The third-order valence-corrected chi connectivity index (χ3v) is 5.00. The van der Waals surface area contributed by atoms with Gasteiger partial charge in [0.1, 0.15) is 6.67 Å². The van der Waals surface area contributed by atoms with E-state index in [1.165, 1.54) is 0 Å². The van der Waals surface area contributed by atoms with Gasteiger partial charge in [-0.1, -0.05) is 25.6 Å². The standard InChI is InChI=1S/C21H23F4N3/c1-4-15-10-17-16(20(26-15)13(2)21(23,24)25)6-5-7-19(17)27-18-8-9-28(3)12-14(18)11-22/h5-7,10,27H,2,4,8-9,11-12H2,1,3H3. The molecule has 3 nitrogen and oxygen atoms in total. The van der Waals surface area contributed by atoms with Crippen LogP contribution in [0.1, 0.15) is 24.7 Å². The van der Waals surface area contributed by atoms with Crippen molar-refractivity contribution in [2.75, 3.05) is 32.1 Å². The molecule has 1 aromatic heterocycles. The Morgan fingerprint density at radius 3 is 2.68 bits per heavy atom. The van der Waals surface area contributed by atoms with E-state index in [1.807, 2.05) is 18.9 Å². The number of rotatable bonds is 5. The average molecular weight is 393 g/mol. The van der Waals surface area contributed by atoms with Gasteiger partial charge in [0.25, 0.3) is 0 Å². The number of pyridine rings is 1. The number of allylic oxidation sites excluding steroid dienone is 1. The number of anilines is 1. The molecule has 0 unspecified atom stereocenters. The number of likely N-dealkylation sites (N-methyl/N-ethyl adjacent to an activating group) is 1. The number of benzene rings is 1. The molecule has 0 amide bonds. The predicted octanol–water partition coefficient (Wildman–Crippen LogP) is 5.34. The van der Waals surface area contributed by atoms with Crippen molar-refractivity contribution in [3.63, 3.8) is 0 Å². The van der Waals surface area contributed by atoms with Crippen molar-refractivity contribution in [1.82, 2.24) is 9.88 Å². The number of aryl methyl sites for hydroxylation is 1. The summed E-state index contributed by atoms with van der Waals surface area (Å²) >= 11 is 0. The maximum absolute atomic E-state index is 13.5. The second-order valence-electron chi connectivity index (χ2n) is 7.02. The Balaban J connectivity index is 2.13. The zero-order chi connectivity index (χ0) is 20.5. The van der Waals surface area contributed by atoms with Crippen LogP contribution in [0.15, 0.2) is 42.1 Å². The lowest BCUT2D eigenvalue weighted by atomic mass is 10.0. The summed E-state index contributed by atoms with van der Waals surface area (Å²) in [6, 6.07) is 6.87. The molecule has 2 heterocycles. The van der Waals surface area contributed by atoms with Crippen LogP contribution in [0, 0.1) is 0 Å². The molecule has 0 atom stereocenters. The van der Waals surface area contributed by atoms with Gasteiger partial charge in [-0.05, 0) is 31.2 Å². The number of alkyl halides is 4. The molecule has 0 radical (unpaired) electrons. The highest BCUT2D eigenvalue weighted by molar-refractivity contribution is 6.00. The quantitative estimate of drug-likeness (QED) is 0.695. The first kappa shape index (κ1) is 20.3. The topological polar surface area (TPSA) is 28.2 Å². The van der Waals surface area contributed by atoms with Gasteiger partial charge in [0.05, 0.1) is 11.3 Å². The van der Waals surface area contributed by atoms with Gasteiger partial charge in [-0.3, -0.25) is 4.98 Å². The number of hydrogen-bond donors (Lipinski definition) is 1. The number of nitrogens with one attached hydrogen (secondary N) is 1. The maximum atomic E-state index is 13.5.